The van der Waals surface area contributed by atoms with Gasteiger partial charge in [-0.05, 0) is 72.2 Å². The van der Waals surface area contributed by atoms with Gasteiger partial charge in [-0.2, -0.15) is 5.26 Å². The number of hydrogen-bond donors (Lipinski definition) is 0. The average molecular weight is 364 g/mol. The number of hydrogen-bond acceptors (Lipinski definition) is 2. The van der Waals surface area contributed by atoms with Gasteiger partial charge in [-0.1, -0.05) is 54.6 Å². The average Bonchev–Trinajstić information content (AvgIpc) is 2.76. The highest BCUT2D eigenvalue weighted by atomic mass is 14.7. The molecule has 3 aromatic rings. The Bertz CT molecular complexity index is 957. The molecule has 2 nitrogen and oxygen atoms in total. The first-order chi connectivity index (χ1) is 13.8. The molecule has 3 aromatic carbocycles. The van der Waals surface area contributed by atoms with Crippen molar-refractivity contribution >= 4 is 11.9 Å². The van der Waals surface area contributed by atoms with Crippen molar-refractivity contribution in [1.29, 1.82) is 5.26 Å². The first-order valence-corrected chi connectivity index (χ1v) is 9.63. The molecule has 0 heterocycles. The zero-order valence-electron chi connectivity index (χ0n) is 16.0. The van der Waals surface area contributed by atoms with Crippen LogP contribution in [0.25, 0.3) is 11.1 Å². The largest absolute Gasteiger partial charge is 0.256 e. The highest BCUT2D eigenvalue weighted by Crippen LogP contribution is 2.23. The molecule has 0 atom stereocenters. The molecule has 0 radical (unpaired) electrons. The summed E-state index contributed by atoms with van der Waals surface area (Å²) in [6, 6.07) is 26.5. The van der Waals surface area contributed by atoms with Crippen LogP contribution in [0, 0.1) is 11.3 Å². The van der Waals surface area contributed by atoms with Gasteiger partial charge in [-0.25, -0.2) is 0 Å². The number of aliphatic imine (C=N–C) groups is 1. The first kappa shape index (κ1) is 19.3. The first-order valence-electron chi connectivity index (χ1n) is 9.63. The van der Waals surface area contributed by atoms with Crippen LogP contribution in [0.1, 0.15) is 36.0 Å². The van der Waals surface area contributed by atoms with Gasteiger partial charge in [0.2, 0.25) is 0 Å². The van der Waals surface area contributed by atoms with E-state index in [-0.39, 0.29) is 0 Å². The van der Waals surface area contributed by atoms with Gasteiger partial charge in [0.05, 0.1) is 17.3 Å². The highest BCUT2D eigenvalue weighted by Gasteiger charge is 1.99. The van der Waals surface area contributed by atoms with Crippen LogP contribution in [0.3, 0.4) is 0 Å². The van der Waals surface area contributed by atoms with Crippen LogP contribution in [0.15, 0.2) is 90.4 Å². The van der Waals surface area contributed by atoms with Crippen molar-refractivity contribution in [3.63, 3.8) is 0 Å². The number of allylic oxidation sites excluding steroid dienone is 1. The van der Waals surface area contributed by atoms with Gasteiger partial charge in [-0.15, -0.1) is 6.58 Å². The Morgan fingerprint density at radius 2 is 1.46 bits per heavy atom. The molecule has 0 saturated carbocycles. The topological polar surface area (TPSA) is 36.1 Å². The van der Waals surface area contributed by atoms with E-state index in [9.17, 15) is 0 Å². The van der Waals surface area contributed by atoms with E-state index in [1.54, 1.807) is 0 Å². The summed E-state index contributed by atoms with van der Waals surface area (Å²) < 4.78 is 0. The van der Waals surface area contributed by atoms with Gasteiger partial charge in [0.25, 0.3) is 0 Å². The maximum absolute atomic E-state index is 8.89. The lowest BCUT2D eigenvalue weighted by Crippen LogP contribution is -1.87. The summed E-state index contributed by atoms with van der Waals surface area (Å²) in [6.07, 6.45) is 8.49. The third-order valence-electron chi connectivity index (χ3n) is 4.68. The Kier molecular flexibility index (Phi) is 6.93. The number of unbranched alkanes of at least 4 members (excludes halogenated alkanes) is 2. The minimum atomic E-state index is 0.674. The lowest BCUT2D eigenvalue weighted by atomic mass is 10.0. The summed E-state index contributed by atoms with van der Waals surface area (Å²) in [4.78, 5) is 4.58. The van der Waals surface area contributed by atoms with Crippen molar-refractivity contribution in [3.05, 3.63) is 102 Å². The molecule has 0 aliphatic carbocycles. The molecule has 0 N–H and O–H groups in total. The van der Waals surface area contributed by atoms with Gasteiger partial charge in [0, 0.05) is 6.21 Å². The summed E-state index contributed by atoms with van der Waals surface area (Å²) in [5.74, 6) is 0. The number of rotatable bonds is 8. The number of benzene rings is 3. The second-order valence-corrected chi connectivity index (χ2v) is 6.77. The van der Waals surface area contributed by atoms with E-state index in [2.05, 4.69) is 54.0 Å². The smallest absolute Gasteiger partial charge is 0.0991 e. The van der Waals surface area contributed by atoms with Crippen molar-refractivity contribution in [1.82, 2.24) is 0 Å². The third-order valence-corrected chi connectivity index (χ3v) is 4.68. The lowest BCUT2D eigenvalue weighted by Gasteiger charge is -2.03. The Hall–Kier alpha value is -3.44. The molecule has 0 bridgehead atoms. The molecule has 0 amide bonds. The zero-order chi connectivity index (χ0) is 19.6. The highest BCUT2D eigenvalue weighted by molar-refractivity contribution is 5.82. The van der Waals surface area contributed by atoms with E-state index >= 15 is 0 Å². The molecule has 0 fully saturated rings. The fourth-order valence-electron chi connectivity index (χ4n) is 3.01. The number of aryl methyl sites for hydroxylation is 1. The summed E-state index contributed by atoms with van der Waals surface area (Å²) in [6.45, 7) is 3.76. The third kappa shape index (κ3) is 5.53. The summed E-state index contributed by atoms with van der Waals surface area (Å²) >= 11 is 0. The molecule has 0 saturated heterocycles. The standard InChI is InChI=1S/C26H24N2/c1-2-3-4-5-6-21-7-9-23(10-8-21)20-28-26-17-15-25(16-18-26)24-13-11-22(19-27)12-14-24/h2,7-18,20H,1,3-6H2. The van der Waals surface area contributed by atoms with Crippen LogP contribution in [0.2, 0.25) is 0 Å². The number of nitrogens with zero attached hydrogens (tertiary/aromatic N) is 2. The van der Waals surface area contributed by atoms with Crippen molar-refractivity contribution in [3.8, 4) is 17.2 Å². The maximum Gasteiger partial charge on any atom is 0.0991 e. The van der Waals surface area contributed by atoms with Gasteiger partial charge < -0.3 is 0 Å². The second kappa shape index (κ2) is 10.0. The minimum absolute atomic E-state index is 0.674. The van der Waals surface area contributed by atoms with Crippen LogP contribution >= 0.6 is 0 Å². The molecule has 2 heteroatoms. The summed E-state index contributed by atoms with van der Waals surface area (Å²) in [5.41, 5.74) is 6.28. The minimum Gasteiger partial charge on any atom is -0.256 e. The zero-order valence-corrected chi connectivity index (χ0v) is 16.0. The Labute approximate surface area is 167 Å². The van der Waals surface area contributed by atoms with Gasteiger partial charge >= 0.3 is 0 Å². The molecular formula is C26H24N2. The normalized spacial score (nSPS) is 10.7. The molecule has 0 aliphatic rings. The maximum atomic E-state index is 8.89. The molecule has 138 valence electrons. The lowest BCUT2D eigenvalue weighted by molar-refractivity contribution is 0.748. The number of nitriles is 1. The van der Waals surface area contributed by atoms with E-state index in [4.69, 9.17) is 5.26 Å². The molecule has 28 heavy (non-hydrogen) atoms. The quantitative estimate of drug-likeness (QED) is 0.244. The van der Waals surface area contributed by atoms with Crippen molar-refractivity contribution < 1.29 is 0 Å². The predicted molar refractivity (Wildman–Crippen MR) is 118 cm³/mol. The van der Waals surface area contributed by atoms with E-state index < -0.39 is 0 Å². The molecule has 0 spiro atoms. The van der Waals surface area contributed by atoms with Crippen molar-refractivity contribution in [2.75, 3.05) is 0 Å². The van der Waals surface area contributed by atoms with Crippen LogP contribution in [-0.2, 0) is 6.42 Å². The summed E-state index contributed by atoms with van der Waals surface area (Å²) in [5, 5.41) is 8.89. The Morgan fingerprint density at radius 3 is 2.07 bits per heavy atom. The Morgan fingerprint density at radius 1 is 0.821 bits per heavy atom. The van der Waals surface area contributed by atoms with Crippen LogP contribution in [-0.4, -0.2) is 6.21 Å². The monoisotopic (exact) mass is 364 g/mol. The molecule has 0 unspecified atom stereocenters. The van der Waals surface area contributed by atoms with E-state index in [0.29, 0.717) is 5.56 Å². The van der Waals surface area contributed by atoms with Crippen molar-refractivity contribution in [2.45, 2.75) is 25.7 Å². The van der Waals surface area contributed by atoms with E-state index in [0.717, 1.165) is 35.2 Å². The van der Waals surface area contributed by atoms with Crippen LogP contribution in [0.4, 0.5) is 5.69 Å². The fourth-order valence-corrected chi connectivity index (χ4v) is 3.01. The summed E-state index contributed by atoms with van der Waals surface area (Å²) in [7, 11) is 0. The van der Waals surface area contributed by atoms with Gasteiger partial charge in [0.15, 0.2) is 0 Å². The van der Waals surface area contributed by atoms with Crippen LogP contribution < -0.4 is 0 Å². The van der Waals surface area contributed by atoms with Crippen LogP contribution in [0.5, 0.6) is 0 Å². The molecular weight excluding hydrogens is 340 g/mol. The Balaban J connectivity index is 1.59. The molecule has 0 aromatic heterocycles. The second-order valence-electron chi connectivity index (χ2n) is 6.77. The van der Waals surface area contributed by atoms with E-state index in [1.807, 2.05) is 48.7 Å². The van der Waals surface area contributed by atoms with E-state index in [1.165, 1.54) is 18.4 Å². The van der Waals surface area contributed by atoms with Gasteiger partial charge in [0.1, 0.15) is 0 Å². The van der Waals surface area contributed by atoms with Crippen molar-refractivity contribution in [2.24, 2.45) is 4.99 Å². The van der Waals surface area contributed by atoms with Gasteiger partial charge in [-0.3, -0.25) is 4.99 Å². The molecule has 3 rings (SSSR count). The molecule has 0 aliphatic heterocycles. The predicted octanol–water partition coefficient (Wildman–Crippen LogP) is 6.87. The SMILES string of the molecule is C=CCCCCc1ccc(C=Nc2ccc(-c3ccc(C#N)cc3)cc2)cc1. The fraction of sp³-hybridized carbons (Fsp3) is 0.154.